The van der Waals surface area contributed by atoms with Gasteiger partial charge in [0.05, 0.1) is 6.54 Å². The van der Waals surface area contributed by atoms with Crippen molar-refractivity contribution in [3.63, 3.8) is 0 Å². The molecule has 0 bridgehead atoms. The van der Waals surface area contributed by atoms with Gasteiger partial charge in [-0.3, -0.25) is 9.69 Å². The Bertz CT molecular complexity index is 285. The first-order chi connectivity index (χ1) is 8.99. The second-order valence-electron chi connectivity index (χ2n) is 6.03. The molecule has 0 aromatic carbocycles. The predicted octanol–water partition coefficient (Wildman–Crippen LogP) is 1.69. The van der Waals surface area contributed by atoms with E-state index in [0.29, 0.717) is 13.1 Å². The minimum absolute atomic E-state index is 0.0471. The van der Waals surface area contributed by atoms with Crippen LogP contribution in [0, 0.1) is 5.92 Å². The molecule has 0 radical (unpaired) electrons. The minimum atomic E-state index is 0.0471. The van der Waals surface area contributed by atoms with Gasteiger partial charge in [0.15, 0.2) is 0 Å². The third-order valence-corrected chi connectivity index (χ3v) is 4.86. The lowest BCUT2D eigenvalue weighted by molar-refractivity contribution is -0.133. The maximum absolute atomic E-state index is 12.2. The summed E-state index contributed by atoms with van der Waals surface area (Å²) >= 11 is 0. The Morgan fingerprint density at radius 2 is 1.84 bits per heavy atom. The first-order valence-electron chi connectivity index (χ1n) is 7.68. The van der Waals surface area contributed by atoms with E-state index in [4.69, 9.17) is 5.73 Å². The Balaban J connectivity index is 2.73. The van der Waals surface area contributed by atoms with Gasteiger partial charge in [-0.1, -0.05) is 13.8 Å². The number of hydrogen-bond donors (Lipinski definition) is 1. The molecule has 0 aliphatic heterocycles. The van der Waals surface area contributed by atoms with E-state index in [2.05, 4.69) is 18.7 Å². The minimum Gasteiger partial charge on any atom is -0.345 e. The lowest BCUT2D eigenvalue weighted by Gasteiger charge is -2.47. The third-order valence-electron chi connectivity index (χ3n) is 4.86. The van der Waals surface area contributed by atoms with Gasteiger partial charge in [-0.25, -0.2) is 0 Å². The Hall–Kier alpha value is -0.610. The van der Waals surface area contributed by atoms with E-state index < -0.39 is 0 Å². The van der Waals surface area contributed by atoms with Gasteiger partial charge in [0, 0.05) is 25.7 Å². The molecule has 0 spiro atoms. The molecule has 0 atom stereocenters. The predicted molar refractivity (Wildman–Crippen MR) is 80.0 cm³/mol. The molecule has 0 aromatic rings. The van der Waals surface area contributed by atoms with Crippen molar-refractivity contribution in [2.75, 3.05) is 33.2 Å². The number of carbonyl (C=O) groups excluding carboxylic acids is 1. The van der Waals surface area contributed by atoms with Crippen LogP contribution in [0.1, 0.15) is 46.5 Å². The summed E-state index contributed by atoms with van der Waals surface area (Å²) in [4.78, 5) is 16.3. The second kappa shape index (κ2) is 7.25. The number of rotatable bonds is 6. The molecule has 19 heavy (non-hydrogen) atoms. The maximum atomic E-state index is 12.2. The number of amides is 1. The van der Waals surface area contributed by atoms with E-state index in [-0.39, 0.29) is 11.4 Å². The molecular weight excluding hydrogens is 238 g/mol. The van der Waals surface area contributed by atoms with Crippen LogP contribution in [0.5, 0.6) is 0 Å². The molecular formula is C15H31N3O. The number of carbonyl (C=O) groups is 1. The Morgan fingerprint density at radius 1 is 1.26 bits per heavy atom. The molecule has 4 nitrogen and oxygen atoms in total. The van der Waals surface area contributed by atoms with Gasteiger partial charge < -0.3 is 10.6 Å². The molecule has 1 rings (SSSR count). The molecule has 0 saturated heterocycles. The van der Waals surface area contributed by atoms with Gasteiger partial charge in [-0.05, 0) is 45.1 Å². The van der Waals surface area contributed by atoms with Gasteiger partial charge in [-0.2, -0.15) is 0 Å². The second-order valence-corrected chi connectivity index (χ2v) is 6.03. The SMILES string of the molecule is CCN(C)C(=O)CN(CC)C1(CN)CCC(C)CC1. The van der Waals surface area contributed by atoms with E-state index in [1.165, 1.54) is 12.8 Å². The molecule has 1 aliphatic rings. The van der Waals surface area contributed by atoms with Gasteiger partial charge in [0.2, 0.25) is 5.91 Å². The van der Waals surface area contributed by atoms with E-state index >= 15 is 0 Å². The van der Waals surface area contributed by atoms with Crippen molar-refractivity contribution >= 4 is 5.91 Å². The van der Waals surface area contributed by atoms with Crippen LogP contribution in [0.4, 0.5) is 0 Å². The monoisotopic (exact) mass is 269 g/mol. The van der Waals surface area contributed by atoms with Crippen LogP contribution >= 0.6 is 0 Å². The average Bonchev–Trinajstić information content (AvgIpc) is 2.45. The van der Waals surface area contributed by atoms with Gasteiger partial charge in [0.25, 0.3) is 0 Å². The smallest absolute Gasteiger partial charge is 0.236 e. The van der Waals surface area contributed by atoms with Crippen molar-refractivity contribution < 1.29 is 4.79 Å². The molecule has 4 heteroatoms. The van der Waals surface area contributed by atoms with Crippen LogP contribution in [0.3, 0.4) is 0 Å². The van der Waals surface area contributed by atoms with Crippen LogP contribution in [-0.4, -0.2) is 54.5 Å². The van der Waals surface area contributed by atoms with Crippen LogP contribution < -0.4 is 5.73 Å². The summed E-state index contributed by atoms with van der Waals surface area (Å²) in [5, 5.41) is 0. The van der Waals surface area contributed by atoms with Crippen molar-refractivity contribution in [2.45, 2.75) is 52.0 Å². The Morgan fingerprint density at radius 3 is 2.26 bits per heavy atom. The zero-order chi connectivity index (χ0) is 14.5. The van der Waals surface area contributed by atoms with Gasteiger partial charge in [-0.15, -0.1) is 0 Å². The first-order valence-corrected chi connectivity index (χ1v) is 7.68. The summed E-state index contributed by atoms with van der Waals surface area (Å²) in [5.41, 5.74) is 6.13. The highest BCUT2D eigenvalue weighted by atomic mass is 16.2. The van der Waals surface area contributed by atoms with E-state index in [0.717, 1.165) is 31.8 Å². The molecule has 1 fully saturated rings. The number of hydrogen-bond acceptors (Lipinski definition) is 3. The highest BCUT2D eigenvalue weighted by molar-refractivity contribution is 5.78. The topological polar surface area (TPSA) is 49.6 Å². The molecule has 112 valence electrons. The lowest BCUT2D eigenvalue weighted by Crippen LogP contribution is -2.58. The molecule has 1 amide bonds. The van der Waals surface area contributed by atoms with E-state index in [9.17, 15) is 4.79 Å². The fourth-order valence-electron chi connectivity index (χ4n) is 3.02. The van der Waals surface area contributed by atoms with Gasteiger partial charge in [0.1, 0.15) is 0 Å². The standard InChI is InChI=1S/C15H31N3O/c1-5-17(4)14(19)11-18(6-2)15(12-16)9-7-13(3)8-10-15/h13H,5-12,16H2,1-4H3. The lowest BCUT2D eigenvalue weighted by atomic mass is 9.76. The van der Waals surface area contributed by atoms with Crippen molar-refractivity contribution in [1.29, 1.82) is 0 Å². The normalized spacial score (nSPS) is 27.6. The molecule has 0 heterocycles. The Kier molecular flexibility index (Phi) is 6.27. The van der Waals surface area contributed by atoms with Crippen LogP contribution in [-0.2, 0) is 4.79 Å². The van der Waals surface area contributed by atoms with Crippen LogP contribution in [0.2, 0.25) is 0 Å². The fourth-order valence-corrected chi connectivity index (χ4v) is 3.02. The maximum Gasteiger partial charge on any atom is 0.236 e. The summed E-state index contributed by atoms with van der Waals surface area (Å²) in [6.45, 7) is 9.29. The zero-order valence-corrected chi connectivity index (χ0v) is 13.1. The number of nitrogens with zero attached hydrogens (tertiary/aromatic N) is 2. The molecule has 2 N–H and O–H groups in total. The van der Waals surface area contributed by atoms with Crippen LogP contribution in [0.15, 0.2) is 0 Å². The highest BCUT2D eigenvalue weighted by Crippen LogP contribution is 2.35. The van der Waals surface area contributed by atoms with Crippen LogP contribution in [0.25, 0.3) is 0 Å². The summed E-state index contributed by atoms with van der Waals surface area (Å²) < 4.78 is 0. The zero-order valence-electron chi connectivity index (χ0n) is 13.1. The first kappa shape index (κ1) is 16.4. The molecule has 1 saturated carbocycles. The van der Waals surface area contributed by atoms with Crippen molar-refractivity contribution in [2.24, 2.45) is 11.7 Å². The summed E-state index contributed by atoms with van der Waals surface area (Å²) in [5.74, 6) is 1.00. The Labute approximate surface area is 118 Å². The summed E-state index contributed by atoms with van der Waals surface area (Å²) in [6.07, 6.45) is 4.71. The number of nitrogens with two attached hydrogens (primary N) is 1. The molecule has 0 aromatic heterocycles. The van der Waals surface area contributed by atoms with Crippen molar-refractivity contribution in [1.82, 2.24) is 9.80 Å². The molecule has 0 unspecified atom stereocenters. The van der Waals surface area contributed by atoms with Gasteiger partial charge >= 0.3 is 0 Å². The third kappa shape index (κ3) is 3.93. The number of likely N-dealkylation sites (N-methyl/N-ethyl adjacent to an activating group) is 2. The van der Waals surface area contributed by atoms with E-state index in [1.54, 1.807) is 4.90 Å². The largest absolute Gasteiger partial charge is 0.345 e. The highest BCUT2D eigenvalue weighted by Gasteiger charge is 2.38. The van der Waals surface area contributed by atoms with Crippen molar-refractivity contribution in [3.8, 4) is 0 Å². The molecule has 1 aliphatic carbocycles. The summed E-state index contributed by atoms with van der Waals surface area (Å²) in [7, 11) is 1.87. The average molecular weight is 269 g/mol. The van der Waals surface area contributed by atoms with E-state index in [1.807, 2.05) is 14.0 Å². The summed E-state index contributed by atoms with van der Waals surface area (Å²) in [6, 6.07) is 0. The quantitative estimate of drug-likeness (QED) is 0.798. The fraction of sp³-hybridized carbons (Fsp3) is 0.933. The van der Waals surface area contributed by atoms with Crippen molar-refractivity contribution in [3.05, 3.63) is 0 Å².